The number of carbonyl (C=O) groups is 1. The van der Waals surface area contributed by atoms with Gasteiger partial charge in [-0.15, -0.1) is 0 Å². The van der Waals surface area contributed by atoms with Crippen LogP contribution in [0.15, 0.2) is 40.9 Å². The zero-order valence-corrected chi connectivity index (χ0v) is 16.1. The molecule has 0 aliphatic heterocycles. The summed E-state index contributed by atoms with van der Waals surface area (Å²) in [4.78, 5) is 12.2. The maximum absolute atomic E-state index is 13.0. The minimum Gasteiger partial charge on any atom is -0.492 e. The van der Waals surface area contributed by atoms with Crippen LogP contribution in [0.1, 0.15) is 11.5 Å². The third kappa shape index (κ3) is 4.74. The number of aromatic nitrogens is 2. The van der Waals surface area contributed by atoms with E-state index in [0.717, 1.165) is 6.07 Å². The fourth-order valence-electron chi connectivity index (χ4n) is 2.75. The van der Waals surface area contributed by atoms with E-state index in [1.807, 2.05) is 0 Å². The molecule has 1 aromatic carbocycles. The summed E-state index contributed by atoms with van der Waals surface area (Å²) in [5.41, 5.74) is 7.07. The summed E-state index contributed by atoms with van der Waals surface area (Å²) in [6, 6.07) is 7.47. The smallest absolute Gasteiger partial charge is 0.453 e. The molecule has 8 nitrogen and oxygen atoms in total. The fourth-order valence-corrected chi connectivity index (χ4v) is 2.75. The minimum atomic E-state index is -4.79. The second-order valence-corrected chi connectivity index (χ2v) is 6.25. The topological polar surface area (TPSA) is 105 Å². The van der Waals surface area contributed by atoms with E-state index in [2.05, 4.69) is 14.8 Å². The van der Waals surface area contributed by atoms with Gasteiger partial charge in [0.1, 0.15) is 18.1 Å². The number of aryl methyl sites for hydroxylation is 2. The highest BCUT2D eigenvalue weighted by Gasteiger charge is 2.40. The van der Waals surface area contributed by atoms with Gasteiger partial charge in [-0.1, -0.05) is 0 Å². The van der Waals surface area contributed by atoms with Crippen LogP contribution >= 0.6 is 0 Å². The zero-order valence-electron chi connectivity index (χ0n) is 16.1. The Hall–Kier alpha value is -3.47. The summed E-state index contributed by atoms with van der Waals surface area (Å²) < 4.78 is 55.6. The number of nitrogens with two attached hydrogens (primary N) is 1. The molecule has 0 saturated carbocycles. The van der Waals surface area contributed by atoms with Crippen LogP contribution in [0.2, 0.25) is 0 Å². The largest absolute Gasteiger partial charge is 0.492 e. The first-order valence-corrected chi connectivity index (χ1v) is 8.81. The lowest BCUT2D eigenvalue weighted by Crippen LogP contribution is -2.18. The summed E-state index contributed by atoms with van der Waals surface area (Å²) in [5, 5.41) is 6.51. The van der Waals surface area contributed by atoms with Gasteiger partial charge in [0, 0.05) is 37.1 Å². The monoisotopic (exact) mass is 424 g/mol. The van der Waals surface area contributed by atoms with Crippen LogP contribution < -0.4 is 20.5 Å². The molecule has 30 heavy (non-hydrogen) atoms. The quantitative estimate of drug-likeness (QED) is 0.621. The van der Waals surface area contributed by atoms with Crippen LogP contribution in [0, 0.1) is 6.92 Å². The van der Waals surface area contributed by atoms with Crippen LogP contribution in [-0.2, 0) is 13.2 Å². The molecule has 11 heteroatoms. The molecule has 0 saturated heterocycles. The van der Waals surface area contributed by atoms with E-state index in [4.69, 9.17) is 15.2 Å². The number of hydrogen-bond donors (Lipinski definition) is 2. The van der Waals surface area contributed by atoms with Gasteiger partial charge >= 0.3 is 12.3 Å². The lowest BCUT2D eigenvalue weighted by Gasteiger charge is -2.14. The Kier molecular flexibility index (Phi) is 6.01. The van der Waals surface area contributed by atoms with Gasteiger partial charge in [0.15, 0.2) is 5.75 Å². The zero-order chi connectivity index (χ0) is 21.9. The number of ether oxygens (including phenoxy) is 2. The van der Waals surface area contributed by atoms with Gasteiger partial charge < -0.3 is 19.6 Å². The summed E-state index contributed by atoms with van der Waals surface area (Å²) >= 11 is 0. The maximum Gasteiger partial charge on any atom is 0.453 e. The van der Waals surface area contributed by atoms with E-state index in [0.29, 0.717) is 23.6 Å². The van der Waals surface area contributed by atoms with E-state index < -0.39 is 23.8 Å². The molecule has 3 rings (SSSR count). The molecule has 0 spiro atoms. The number of nitrogens with one attached hydrogen (secondary N) is 1. The van der Waals surface area contributed by atoms with E-state index in [9.17, 15) is 18.0 Å². The Balaban J connectivity index is 1.83. The Morgan fingerprint density at radius 3 is 2.67 bits per heavy atom. The van der Waals surface area contributed by atoms with Gasteiger partial charge in [0.05, 0.1) is 5.69 Å². The van der Waals surface area contributed by atoms with Crippen molar-refractivity contribution in [2.24, 2.45) is 12.8 Å². The van der Waals surface area contributed by atoms with Crippen LogP contribution in [-0.4, -0.2) is 29.0 Å². The van der Waals surface area contributed by atoms with E-state index in [1.54, 1.807) is 36.1 Å². The molecule has 0 radical (unpaired) electrons. The molecular formula is C19H19F3N4O4. The first-order chi connectivity index (χ1) is 14.2. The summed E-state index contributed by atoms with van der Waals surface area (Å²) in [5.74, 6) is -1.62. The van der Waals surface area contributed by atoms with Gasteiger partial charge in [0.25, 0.3) is 5.76 Å². The van der Waals surface area contributed by atoms with Gasteiger partial charge in [-0.2, -0.15) is 18.3 Å². The molecule has 3 N–H and O–H groups in total. The predicted octanol–water partition coefficient (Wildman–Crippen LogP) is 3.96. The number of furan rings is 1. The van der Waals surface area contributed by atoms with Crippen molar-refractivity contribution in [1.29, 1.82) is 0 Å². The number of anilines is 1. The van der Waals surface area contributed by atoms with Crippen molar-refractivity contribution < 1.29 is 31.9 Å². The van der Waals surface area contributed by atoms with Crippen LogP contribution in [0.25, 0.3) is 11.3 Å². The Morgan fingerprint density at radius 1 is 1.27 bits per heavy atom. The highest BCUT2D eigenvalue weighted by atomic mass is 19.4. The van der Waals surface area contributed by atoms with Crippen molar-refractivity contribution >= 4 is 11.8 Å². The Bertz CT molecular complexity index is 1040. The van der Waals surface area contributed by atoms with Crippen LogP contribution in [0.4, 0.5) is 23.7 Å². The molecule has 2 heterocycles. The summed E-state index contributed by atoms with van der Waals surface area (Å²) in [6.07, 6.45) is -4.30. The second-order valence-electron chi connectivity index (χ2n) is 6.25. The molecule has 3 aromatic rings. The molecule has 0 bridgehead atoms. The number of alkyl halides is 3. The predicted molar refractivity (Wildman–Crippen MR) is 101 cm³/mol. The third-order valence-corrected chi connectivity index (χ3v) is 3.98. The van der Waals surface area contributed by atoms with Gasteiger partial charge in [-0.25, -0.2) is 4.79 Å². The fraction of sp³-hybridized carbons (Fsp3) is 0.263. The Labute approximate surface area is 169 Å². The molecule has 160 valence electrons. The van der Waals surface area contributed by atoms with E-state index in [-0.39, 0.29) is 18.1 Å². The average molecular weight is 424 g/mol. The Morgan fingerprint density at radius 2 is 2.03 bits per heavy atom. The molecular weight excluding hydrogens is 405 g/mol. The second kappa shape index (κ2) is 8.49. The molecule has 1 amide bonds. The van der Waals surface area contributed by atoms with Crippen LogP contribution in [0.3, 0.4) is 0 Å². The molecule has 0 aliphatic rings. The van der Waals surface area contributed by atoms with Crippen LogP contribution in [0.5, 0.6) is 11.5 Å². The number of nitrogens with zero attached hydrogens (tertiary/aromatic N) is 2. The molecule has 2 aromatic heterocycles. The first-order valence-electron chi connectivity index (χ1n) is 8.81. The lowest BCUT2D eigenvalue weighted by molar-refractivity contribution is -0.154. The maximum atomic E-state index is 13.0. The van der Waals surface area contributed by atoms with Crippen molar-refractivity contribution in [3.05, 3.63) is 48.0 Å². The highest BCUT2D eigenvalue weighted by Crippen LogP contribution is 2.38. The van der Waals surface area contributed by atoms with Crippen molar-refractivity contribution in [1.82, 2.24) is 9.78 Å². The van der Waals surface area contributed by atoms with Gasteiger partial charge in [-0.05, 0) is 31.2 Å². The molecule has 0 atom stereocenters. The van der Waals surface area contributed by atoms with Gasteiger partial charge in [-0.3, -0.25) is 10.00 Å². The van der Waals surface area contributed by atoms with Gasteiger partial charge in [0.2, 0.25) is 0 Å². The molecule has 0 unspecified atom stereocenters. The highest BCUT2D eigenvalue weighted by molar-refractivity contribution is 5.88. The van der Waals surface area contributed by atoms with Crippen molar-refractivity contribution in [2.45, 2.75) is 13.1 Å². The van der Waals surface area contributed by atoms with Crippen molar-refractivity contribution in [3.8, 4) is 22.8 Å². The number of rotatable bonds is 6. The number of carbonyl (C=O) groups excluding carboxylic acids is 1. The number of hydrogen-bond acceptors (Lipinski definition) is 6. The van der Waals surface area contributed by atoms with Crippen molar-refractivity contribution in [3.63, 3.8) is 0 Å². The normalized spacial score (nSPS) is 11.4. The lowest BCUT2D eigenvalue weighted by atomic mass is 10.1. The van der Waals surface area contributed by atoms with E-state index >= 15 is 0 Å². The van der Waals surface area contributed by atoms with E-state index in [1.165, 1.54) is 13.0 Å². The third-order valence-electron chi connectivity index (χ3n) is 3.98. The summed E-state index contributed by atoms with van der Waals surface area (Å²) in [7, 11) is 1.73. The number of benzene rings is 1. The molecule has 0 fully saturated rings. The standard InChI is InChI=1S/C19H19F3N4O4/c1-11-9-16(17(29-11)19(20,21)22)30-18(27)25-12-3-4-15(28-8-6-23)13(10-12)14-5-7-24-26(14)2/h3-5,7,9-10H,6,8,23H2,1-2H3,(H,25,27). The summed E-state index contributed by atoms with van der Waals surface area (Å²) in [6.45, 7) is 1.91. The number of halogens is 3. The minimum absolute atomic E-state index is 0.0370. The number of amides is 1. The molecule has 0 aliphatic carbocycles. The first kappa shape index (κ1) is 21.2. The van der Waals surface area contributed by atoms with Crippen molar-refractivity contribution in [2.75, 3.05) is 18.5 Å². The SMILES string of the molecule is Cc1cc(OC(=O)Nc2ccc(OCCN)c(-c3ccnn3C)c2)c(C(F)(F)F)o1. The average Bonchev–Trinajstić information content (AvgIpc) is 3.25.